The lowest BCUT2D eigenvalue weighted by molar-refractivity contribution is 0.268. The molecule has 1 heteroatoms. The quantitative estimate of drug-likeness (QED) is 0.716. The van der Waals surface area contributed by atoms with Gasteiger partial charge in [-0.15, -0.1) is 0 Å². The van der Waals surface area contributed by atoms with Gasteiger partial charge >= 0.3 is 0 Å². The van der Waals surface area contributed by atoms with Crippen LogP contribution in [-0.2, 0) is 0 Å². The number of allylic oxidation sites excluding steroid dienone is 2. The van der Waals surface area contributed by atoms with Gasteiger partial charge in [0.05, 0.1) is 0 Å². The van der Waals surface area contributed by atoms with Crippen LogP contribution >= 0.6 is 0 Å². The maximum absolute atomic E-state index is 3.91. The average Bonchev–Trinajstić information content (AvgIpc) is 2.92. The Morgan fingerprint density at radius 3 is 2.50 bits per heavy atom. The van der Waals surface area contributed by atoms with Crippen molar-refractivity contribution in [1.82, 2.24) is 5.32 Å². The molecule has 1 nitrogen and oxygen atoms in total. The summed E-state index contributed by atoms with van der Waals surface area (Å²) in [6.45, 7) is 2.42. The maximum atomic E-state index is 3.91. The van der Waals surface area contributed by atoms with Crippen molar-refractivity contribution in [3.8, 4) is 0 Å². The van der Waals surface area contributed by atoms with Crippen LogP contribution in [0, 0.1) is 17.8 Å². The van der Waals surface area contributed by atoms with Crippen LogP contribution in [0.2, 0.25) is 0 Å². The normalized spacial score (nSPS) is 40.4. The van der Waals surface area contributed by atoms with Gasteiger partial charge in [0.1, 0.15) is 0 Å². The van der Waals surface area contributed by atoms with Gasteiger partial charge in [-0.25, -0.2) is 0 Å². The van der Waals surface area contributed by atoms with Crippen molar-refractivity contribution in [3.05, 3.63) is 12.2 Å². The van der Waals surface area contributed by atoms with Crippen molar-refractivity contribution in [2.24, 2.45) is 17.8 Å². The highest BCUT2D eigenvalue weighted by Gasteiger charge is 2.38. The molecular weight excluding hydrogens is 194 g/mol. The lowest BCUT2D eigenvalue weighted by Crippen LogP contribution is -2.43. The predicted octanol–water partition coefficient (Wildman–Crippen LogP) is 3.51. The predicted molar refractivity (Wildman–Crippen MR) is 68.3 cm³/mol. The topological polar surface area (TPSA) is 12.0 Å². The highest BCUT2D eigenvalue weighted by atomic mass is 15.0. The fourth-order valence-electron chi connectivity index (χ4n) is 4.16. The van der Waals surface area contributed by atoms with Crippen molar-refractivity contribution >= 4 is 0 Å². The fraction of sp³-hybridized carbons (Fsp3) is 0.867. The van der Waals surface area contributed by atoms with E-state index in [0.717, 1.165) is 29.8 Å². The van der Waals surface area contributed by atoms with Gasteiger partial charge in [0.25, 0.3) is 0 Å². The van der Waals surface area contributed by atoms with Gasteiger partial charge in [-0.1, -0.05) is 31.4 Å². The van der Waals surface area contributed by atoms with Gasteiger partial charge in [0, 0.05) is 12.1 Å². The summed E-state index contributed by atoms with van der Waals surface area (Å²) in [5, 5.41) is 3.91. The molecule has 2 fully saturated rings. The molecule has 3 aliphatic rings. The summed E-state index contributed by atoms with van der Waals surface area (Å²) in [4.78, 5) is 0. The molecule has 0 heterocycles. The zero-order chi connectivity index (χ0) is 11.0. The smallest absolute Gasteiger partial charge is 0.00754 e. The monoisotopic (exact) mass is 219 g/mol. The van der Waals surface area contributed by atoms with Crippen LogP contribution in [0.15, 0.2) is 12.2 Å². The van der Waals surface area contributed by atoms with E-state index in [2.05, 4.69) is 24.4 Å². The molecule has 2 bridgehead atoms. The summed E-state index contributed by atoms with van der Waals surface area (Å²) >= 11 is 0. The van der Waals surface area contributed by atoms with Crippen LogP contribution in [0.4, 0.5) is 0 Å². The minimum absolute atomic E-state index is 0.739. The van der Waals surface area contributed by atoms with Crippen LogP contribution in [0.5, 0.6) is 0 Å². The summed E-state index contributed by atoms with van der Waals surface area (Å²) < 4.78 is 0. The molecular formula is C15H25N. The Morgan fingerprint density at radius 2 is 1.88 bits per heavy atom. The van der Waals surface area contributed by atoms with E-state index in [1.54, 1.807) is 0 Å². The molecule has 90 valence electrons. The molecule has 4 unspecified atom stereocenters. The van der Waals surface area contributed by atoms with Crippen molar-refractivity contribution in [2.75, 3.05) is 0 Å². The van der Waals surface area contributed by atoms with Crippen LogP contribution in [0.1, 0.15) is 51.9 Å². The molecule has 0 aromatic carbocycles. The summed E-state index contributed by atoms with van der Waals surface area (Å²) in [5.41, 5.74) is 0. The van der Waals surface area contributed by atoms with Gasteiger partial charge in [0.2, 0.25) is 0 Å². The fourth-order valence-corrected chi connectivity index (χ4v) is 4.16. The molecule has 0 amide bonds. The van der Waals surface area contributed by atoms with Gasteiger partial charge in [-0.2, -0.15) is 0 Å². The SMILES string of the molecule is CC(NC1CCCCC1)C1CC2C=CC1C2. The zero-order valence-corrected chi connectivity index (χ0v) is 10.5. The third-order valence-corrected chi connectivity index (χ3v) is 5.08. The van der Waals surface area contributed by atoms with Crippen LogP contribution in [0.3, 0.4) is 0 Å². The lowest BCUT2D eigenvalue weighted by Gasteiger charge is -2.32. The van der Waals surface area contributed by atoms with E-state index in [9.17, 15) is 0 Å². The zero-order valence-electron chi connectivity index (χ0n) is 10.5. The molecule has 2 saturated carbocycles. The van der Waals surface area contributed by atoms with Crippen LogP contribution < -0.4 is 5.32 Å². The van der Waals surface area contributed by atoms with E-state index in [1.165, 1.54) is 44.9 Å². The molecule has 3 aliphatic carbocycles. The summed E-state index contributed by atoms with van der Waals surface area (Å²) in [6.07, 6.45) is 15.0. The standard InChI is InChI=1S/C15H25N/c1-11(16-14-5-3-2-4-6-14)15-10-12-7-8-13(15)9-12/h7-8,11-16H,2-6,9-10H2,1H3. The summed E-state index contributed by atoms with van der Waals surface area (Å²) in [6, 6.07) is 1.56. The molecule has 4 atom stereocenters. The first kappa shape index (κ1) is 10.8. The second-order valence-electron chi connectivity index (χ2n) is 6.23. The minimum Gasteiger partial charge on any atom is -0.311 e. The highest BCUT2D eigenvalue weighted by Crippen LogP contribution is 2.45. The van der Waals surface area contributed by atoms with Gasteiger partial charge in [-0.05, 0) is 50.4 Å². The van der Waals surface area contributed by atoms with Crippen molar-refractivity contribution in [1.29, 1.82) is 0 Å². The Bertz CT molecular complexity index is 265. The number of hydrogen-bond donors (Lipinski definition) is 1. The average molecular weight is 219 g/mol. The molecule has 0 aromatic heterocycles. The van der Waals surface area contributed by atoms with Crippen LogP contribution in [-0.4, -0.2) is 12.1 Å². The molecule has 0 radical (unpaired) electrons. The molecule has 1 N–H and O–H groups in total. The van der Waals surface area contributed by atoms with E-state index < -0.39 is 0 Å². The third kappa shape index (κ3) is 2.07. The minimum atomic E-state index is 0.739. The number of fused-ring (bicyclic) bond motifs is 2. The van der Waals surface area contributed by atoms with E-state index in [1.807, 2.05) is 0 Å². The molecule has 0 aliphatic heterocycles. The van der Waals surface area contributed by atoms with Gasteiger partial charge < -0.3 is 5.32 Å². The van der Waals surface area contributed by atoms with E-state index >= 15 is 0 Å². The Balaban J connectivity index is 1.53. The van der Waals surface area contributed by atoms with Crippen molar-refractivity contribution in [3.63, 3.8) is 0 Å². The highest BCUT2D eigenvalue weighted by molar-refractivity contribution is 5.11. The van der Waals surface area contributed by atoms with Crippen LogP contribution in [0.25, 0.3) is 0 Å². The second kappa shape index (κ2) is 4.52. The first-order valence-electron chi connectivity index (χ1n) is 7.27. The largest absolute Gasteiger partial charge is 0.311 e. The first-order chi connectivity index (χ1) is 7.83. The number of hydrogen-bond acceptors (Lipinski definition) is 1. The lowest BCUT2D eigenvalue weighted by atomic mass is 9.86. The maximum Gasteiger partial charge on any atom is 0.00754 e. The summed E-state index contributed by atoms with van der Waals surface area (Å²) in [7, 11) is 0. The Morgan fingerprint density at radius 1 is 1.06 bits per heavy atom. The van der Waals surface area contributed by atoms with Gasteiger partial charge in [-0.3, -0.25) is 0 Å². The summed E-state index contributed by atoms with van der Waals surface area (Å²) in [5.74, 6) is 2.75. The second-order valence-corrected chi connectivity index (χ2v) is 6.23. The van der Waals surface area contributed by atoms with E-state index in [0.29, 0.717) is 0 Å². The molecule has 16 heavy (non-hydrogen) atoms. The van der Waals surface area contributed by atoms with E-state index in [4.69, 9.17) is 0 Å². The Kier molecular flexibility index (Phi) is 3.06. The first-order valence-corrected chi connectivity index (χ1v) is 7.27. The van der Waals surface area contributed by atoms with Crippen molar-refractivity contribution < 1.29 is 0 Å². The Hall–Kier alpha value is -0.300. The van der Waals surface area contributed by atoms with E-state index in [-0.39, 0.29) is 0 Å². The van der Waals surface area contributed by atoms with Gasteiger partial charge in [0.15, 0.2) is 0 Å². The Labute approximate surface area is 99.7 Å². The van der Waals surface area contributed by atoms with Crippen molar-refractivity contribution in [2.45, 2.75) is 64.0 Å². The molecule has 0 saturated heterocycles. The number of rotatable bonds is 3. The number of nitrogens with one attached hydrogen (secondary N) is 1. The molecule has 0 spiro atoms. The third-order valence-electron chi connectivity index (χ3n) is 5.08. The molecule has 0 aromatic rings. The molecule has 3 rings (SSSR count).